The van der Waals surface area contributed by atoms with Crippen molar-refractivity contribution in [1.82, 2.24) is 4.57 Å². The van der Waals surface area contributed by atoms with Crippen LogP contribution in [0, 0.1) is 20.6 Å². The Hall–Kier alpha value is -3.39. The predicted molar refractivity (Wildman–Crippen MR) is 127 cm³/mol. The number of rotatable bonds is 2. The Morgan fingerprint density at radius 3 is 2.43 bits per heavy atom. The Bertz CT molecular complexity index is 1640. The number of fused-ring (bicyclic) bond motifs is 3. The van der Waals surface area contributed by atoms with Crippen molar-refractivity contribution < 1.29 is 12.8 Å². The third kappa shape index (κ3) is 2.83. The molecule has 3 aromatic carbocycles. The summed E-state index contributed by atoms with van der Waals surface area (Å²) in [6, 6.07) is 21.4. The van der Waals surface area contributed by atoms with E-state index in [-0.39, 0.29) is 5.56 Å². The number of hydrogen-bond donors (Lipinski definition) is 0. The summed E-state index contributed by atoms with van der Waals surface area (Å²) in [5, 5.41) is 2.27. The van der Waals surface area contributed by atoms with Crippen molar-refractivity contribution in [2.24, 2.45) is 14.1 Å². The summed E-state index contributed by atoms with van der Waals surface area (Å²) in [5.74, 6) is 0. The molecule has 2 aromatic heterocycles. The van der Waals surface area contributed by atoms with Gasteiger partial charge in [-0.2, -0.15) is 0 Å². The highest BCUT2D eigenvalue weighted by molar-refractivity contribution is 6.09. The molecule has 0 N–H and O–H groups in total. The second kappa shape index (κ2) is 6.84. The van der Waals surface area contributed by atoms with Crippen molar-refractivity contribution in [3.05, 3.63) is 89.6 Å². The number of hydrogen-bond acceptors (Lipinski definition) is 0. The molecule has 0 aliphatic carbocycles. The van der Waals surface area contributed by atoms with E-state index in [1.807, 2.05) is 45.3 Å². The molecule has 0 unspecified atom stereocenters. The summed E-state index contributed by atoms with van der Waals surface area (Å²) in [5.41, 5.74) is 6.64. The van der Waals surface area contributed by atoms with Gasteiger partial charge >= 0.3 is 0 Å². The second-order valence-electron chi connectivity index (χ2n) is 7.93. The minimum absolute atomic E-state index is 0.256. The molecule has 30 heavy (non-hydrogen) atoms. The van der Waals surface area contributed by atoms with Crippen LogP contribution in [0.3, 0.4) is 0 Å². The van der Waals surface area contributed by atoms with Crippen molar-refractivity contribution in [2.45, 2.75) is 20.6 Å². The highest BCUT2D eigenvalue weighted by Gasteiger charge is 2.16. The van der Waals surface area contributed by atoms with Gasteiger partial charge in [0.25, 0.3) is 0 Å². The number of nitrogens with zero attached hydrogens (tertiary/aromatic N) is 2. The van der Waals surface area contributed by atoms with Crippen LogP contribution in [-0.4, -0.2) is 4.57 Å². The summed E-state index contributed by atoms with van der Waals surface area (Å²) >= 11 is 0. The first kappa shape index (κ1) is 13.0. The third-order valence-corrected chi connectivity index (χ3v) is 6.00. The quantitative estimate of drug-likeness (QED) is 0.304. The van der Waals surface area contributed by atoms with Crippen molar-refractivity contribution in [3.63, 3.8) is 0 Å². The molecule has 5 rings (SSSR count). The molecule has 2 heteroatoms. The normalized spacial score (nSPS) is 15.3. The van der Waals surface area contributed by atoms with Gasteiger partial charge in [-0.15, -0.1) is 0 Å². The van der Waals surface area contributed by atoms with Crippen LogP contribution in [-0.2, 0) is 14.1 Å². The van der Waals surface area contributed by atoms with Crippen molar-refractivity contribution in [3.8, 4) is 22.4 Å². The molecule has 2 heterocycles. The lowest BCUT2D eigenvalue weighted by Gasteiger charge is -2.12. The molecule has 0 aliphatic heterocycles. The first-order chi connectivity index (χ1) is 16.9. The van der Waals surface area contributed by atoms with Crippen LogP contribution in [0.1, 0.15) is 24.9 Å². The van der Waals surface area contributed by atoms with Crippen LogP contribution < -0.4 is 4.57 Å². The highest BCUT2D eigenvalue weighted by atomic mass is 14.9. The SMILES string of the molecule is [2H]C([2H])([2H])c1ccc(-c2cc(-c3ccc4c5ccccc5n(C)c4c3)c(C([2H])([2H])[2H])cc2C)[n+](C)c1. The Balaban J connectivity index is 1.75. The molecule has 2 nitrogen and oxygen atoms in total. The molecular weight excluding hydrogens is 364 g/mol. The summed E-state index contributed by atoms with van der Waals surface area (Å²) in [7, 11) is 3.83. The smallest absolute Gasteiger partial charge is 0.212 e. The van der Waals surface area contributed by atoms with E-state index in [2.05, 4.69) is 28.8 Å². The maximum absolute atomic E-state index is 8.23. The van der Waals surface area contributed by atoms with Crippen molar-refractivity contribution >= 4 is 21.8 Å². The fraction of sp³-hybridized carbons (Fsp3) is 0.179. The summed E-state index contributed by atoms with van der Waals surface area (Å²) in [6.45, 7) is -2.60. The summed E-state index contributed by atoms with van der Waals surface area (Å²) < 4.78 is 51.7. The van der Waals surface area contributed by atoms with Gasteiger partial charge in [0, 0.05) is 54.3 Å². The van der Waals surface area contributed by atoms with E-state index in [1.54, 1.807) is 29.0 Å². The van der Waals surface area contributed by atoms with Crippen LogP contribution in [0.15, 0.2) is 72.9 Å². The van der Waals surface area contributed by atoms with E-state index < -0.39 is 13.7 Å². The lowest BCUT2D eigenvalue weighted by Crippen LogP contribution is -2.31. The predicted octanol–water partition coefficient (Wildman–Crippen LogP) is 6.42. The van der Waals surface area contributed by atoms with E-state index in [9.17, 15) is 0 Å². The van der Waals surface area contributed by atoms with Gasteiger partial charge in [0.15, 0.2) is 6.20 Å². The van der Waals surface area contributed by atoms with Crippen LogP contribution >= 0.6 is 0 Å². The largest absolute Gasteiger partial charge is 0.344 e. The number of para-hydroxylation sites is 1. The zero-order chi connectivity index (χ0) is 26.0. The number of aryl methyl sites for hydroxylation is 5. The lowest BCUT2D eigenvalue weighted by molar-refractivity contribution is -0.660. The zero-order valence-corrected chi connectivity index (χ0v) is 17.3. The van der Waals surface area contributed by atoms with E-state index >= 15 is 0 Å². The number of pyridine rings is 1. The van der Waals surface area contributed by atoms with Gasteiger partial charge in [-0.25, -0.2) is 4.57 Å². The topological polar surface area (TPSA) is 8.81 Å². The van der Waals surface area contributed by atoms with Gasteiger partial charge in [-0.3, -0.25) is 0 Å². The monoisotopic (exact) mass is 397 g/mol. The van der Waals surface area contributed by atoms with Gasteiger partial charge in [0.1, 0.15) is 7.05 Å². The first-order valence-corrected chi connectivity index (χ1v) is 9.99. The van der Waals surface area contributed by atoms with Crippen LogP contribution in [0.4, 0.5) is 0 Å². The van der Waals surface area contributed by atoms with E-state index in [0.29, 0.717) is 11.1 Å². The molecule has 0 aliphatic rings. The molecule has 0 radical (unpaired) electrons. The van der Waals surface area contributed by atoms with Crippen molar-refractivity contribution in [2.75, 3.05) is 0 Å². The minimum atomic E-state index is -2.29. The maximum Gasteiger partial charge on any atom is 0.212 e. The van der Waals surface area contributed by atoms with Gasteiger partial charge in [0.2, 0.25) is 5.69 Å². The lowest BCUT2D eigenvalue weighted by atomic mass is 9.92. The number of aromatic nitrogens is 2. The summed E-state index contributed by atoms with van der Waals surface area (Å²) in [6.07, 6.45) is 1.61. The Morgan fingerprint density at radius 1 is 0.800 bits per heavy atom. The highest BCUT2D eigenvalue weighted by Crippen LogP contribution is 2.35. The Kier molecular flexibility index (Phi) is 2.97. The Labute approximate surface area is 186 Å². The van der Waals surface area contributed by atoms with Crippen LogP contribution in [0.25, 0.3) is 44.2 Å². The van der Waals surface area contributed by atoms with Gasteiger partial charge in [0.05, 0.1) is 0 Å². The molecule has 0 saturated heterocycles. The standard InChI is InChI=1S/C28H27N2/c1-18-10-13-26(29(4)17-18)25-16-24(19(2)14-20(25)3)21-11-12-23-22-8-6-7-9-27(22)30(5)28(23)15-21/h6-17H,1-5H3/q+1/i1D3,2D3. The fourth-order valence-corrected chi connectivity index (χ4v) is 4.44. The molecule has 5 aromatic rings. The molecule has 0 spiro atoms. The summed E-state index contributed by atoms with van der Waals surface area (Å²) in [4.78, 5) is 0. The van der Waals surface area contributed by atoms with Gasteiger partial charge in [-0.05, 0) is 67.1 Å². The molecule has 0 fully saturated rings. The maximum atomic E-state index is 8.23. The van der Waals surface area contributed by atoms with Gasteiger partial charge in [-0.1, -0.05) is 36.4 Å². The molecule has 0 amide bonds. The number of benzene rings is 3. The molecule has 0 atom stereocenters. The molecule has 0 saturated carbocycles. The second-order valence-corrected chi connectivity index (χ2v) is 7.93. The van der Waals surface area contributed by atoms with E-state index in [1.165, 1.54) is 0 Å². The minimum Gasteiger partial charge on any atom is -0.344 e. The van der Waals surface area contributed by atoms with E-state index in [4.69, 9.17) is 8.22 Å². The fourth-order valence-electron chi connectivity index (χ4n) is 4.44. The van der Waals surface area contributed by atoms with Crippen LogP contribution in [0.5, 0.6) is 0 Å². The van der Waals surface area contributed by atoms with Crippen LogP contribution in [0.2, 0.25) is 0 Å². The van der Waals surface area contributed by atoms with Gasteiger partial charge < -0.3 is 4.57 Å². The third-order valence-electron chi connectivity index (χ3n) is 6.00. The van der Waals surface area contributed by atoms with E-state index in [0.717, 1.165) is 44.2 Å². The first-order valence-electron chi connectivity index (χ1n) is 13.0. The average Bonchev–Trinajstić information content (AvgIpc) is 3.10. The average molecular weight is 398 g/mol. The Morgan fingerprint density at radius 2 is 1.63 bits per heavy atom. The zero-order valence-electron chi connectivity index (χ0n) is 23.3. The molecule has 148 valence electrons. The molecule has 0 bridgehead atoms. The van der Waals surface area contributed by atoms with Crippen molar-refractivity contribution in [1.29, 1.82) is 0 Å². The molecular formula is C28H27N2+.